The van der Waals surface area contributed by atoms with Crippen molar-refractivity contribution in [1.29, 1.82) is 0 Å². The number of hydrogen-bond donors (Lipinski definition) is 1. The molecule has 0 spiro atoms. The second-order valence-corrected chi connectivity index (χ2v) is 5.55. The van der Waals surface area contributed by atoms with Crippen LogP contribution in [-0.4, -0.2) is 50.3 Å². The number of likely N-dealkylation sites (tertiary alicyclic amines) is 1. The van der Waals surface area contributed by atoms with Crippen molar-refractivity contribution in [2.24, 2.45) is 5.92 Å². The molecular weight excluding hydrogens is 212 g/mol. The number of rotatable bonds is 8. The van der Waals surface area contributed by atoms with E-state index >= 15 is 0 Å². The first-order valence-corrected chi connectivity index (χ1v) is 7.13. The maximum Gasteiger partial charge on any atom is 0.0503 e. The molecule has 0 aliphatic carbocycles. The van der Waals surface area contributed by atoms with E-state index in [4.69, 9.17) is 4.74 Å². The van der Waals surface area contributed by atoms with Crippen LogP contribution in [0.4, 0.5) is 0 Å². The predicted octanol–water partition coefficient (Wildman–Crippen LogP) is 2.12. The van der Waals surface area contributed by atoms with Gasteiger partial charge in [-0.3, -0.25) is 4.90 Å². The third-order valence-electron chi connectivity index (χ3n) is 3.83. The Balaban J connectivity index is 2.18. The van der Waals surface area contributed by atoms with E-state index in [0.29, 0.717) is 12.1 Å². The van der Waals surface area contributed by atoms with Gasteiger partial charge in [0, 0.05) is 32.3 Å². The quantitative estimate of drug-likeness (QED) is 0.705. The van der Waals surface area contributed by atoms with E-state index in [1.165, 1.54) is 32.4 Å². The number of nitrogens with zero attached hydrogens (tertiary/aromatic N) is 1. The summed E-state index contributed by atoms with van der Waals surface area (Å²) in [5, 5.41) is 3.63. The molecule has 3 heteroatoms. The Kier molecular flexibility index (Phi) is 7.09. The van der Waals surface area contributed by atoms with Crippen molar-refractivity contribution in [3.8, 4) is 0 Å². The van der Waals surface area contributed by atoms with Gasteiger partial charge in [0.25, 0.3) is 0 Å². The molecule has 1 aliphatic rings. The summed E-state index contributed by atoms with van der Waals surface area (Å²) in [6, 6.07) is 1.30. The monoisotopic (exact) mass is 242 g/mol. The lowest BCUT2D eigenvalue weighted by molar-refractivity contribution is 0.147. The first-order valence-electron chi connectivity index (χ1n) is 7.13. The molecule has 102 valence electrons. The lowest BCUT2D eigenvalue weighted by Gasteiger charge is -2.26. The standard InChI is InChI=1S/C14H30N2O/c1-5-6-12(2)15-9-13(3)16-8-7-14(10-16)11-17-4/h12-15H,5-11H2,1-4H3. The Bertz CT molecular complexity index is 199. The third kappa shape index (κ3) is 5.36. The predicted molar refractivity (Wildman–Crippen MR) is 73.4 cm³/mol. The molecule has 0 aromatic heterocycles. The Morgan fingerprint density at radius 1 is 1.41 bits per heavy atom. The summed E-state index contributed by atoms with van der Waals surface area (Å²) in [4.78, 5) is 2.59. The maximum atomic E-state index is 5.24. The van der Waals surface area contributed by atoms with Crippen molar-refractivity contribution in [3.05, 3.63) is 0 Å². The Labute approximate surface area is 107 Å². The molecule has 1 fully saturated rings. The molecule has 1 rings (SSSR count). The van der Waals surface area contributed by atoms with Crippen molar-refractivity contribution in [1.82, 2.24) is 10.2 Å². The maximum absolute atomic E-state index is 5.24. The Morgan fingerprint density at radius 2 is 2.18 bits per heavy atom. The fourth-order valence-corrected chi connectivity index (χ4v) is 2.67. The van der Waals surface area contributed by atoms with E-state index < -0.39 is 0 Å². The van der Waals surface area contributed by atoms with E-state index in [1.807, 2.05) is 0 Å². The minimum Gasteiger partial charge on any atom is -0.384 e. The van der Waals surface area contributed by atoms with E-state index in [-0.39, 0.29) is 0 Å². The summed E-state index contributed by atoms with van der Waals surface area (Å²) < 4.78 is 5.24. The van der Waals surface area contributed by atoms with E-state index in [1.54, 1.807) is 7.11 Å². The summed E-state index contributed by atoms with van der Waals surface area (Å²) in [5.74, 6) is 0.746. The van der Waals surface area contributed by atoms with Gasteiger partial charge in [-0.05, 0) is 39.2 Å². The van der Waals surface area contributed by atoms with Gasteiger partial charge in [-0.2, -0.15) is 0 Å². The molecule has 1 saturated heterocycles. The molecule has 3 atom stereocenters. The van der Waals surface area contributed by atoms with Gasteiger partial charge in [0.05, 0.1) is 6.61 Å². The number of methoxy groups -OCH3 is 1. The highest BCUT2D eigenvalue weighted by molar-refractivity contribution is 4.80. The molecule has 1 aliphatic heterocycles. The van der Waals surface area contributed by atoms with Crippen LogP contribution in [-0.2, 0) is 4.74 Å². The zero-order valence-electron chi connectivity index (χ0n) is 12.0. The molecule has 1 heterocycles. The molecule has 0 aromatic carbocycles. The van der Waals surface area contributed by atoms with E-state index in [0.717, 1.165) is 19.1 Å². The summed E-state index contributed by atoms with van der Waals surface area (Å²) in [6.07, 6.45) is 3.84. The molecule has 0 amide bonds. The molecule has 0 aromatic rings. The van der Waals surface area contributed by atoms with Crippen LogP contribution in [0.3, 0.4) is 0 Å². The van der Waals surface area contributed by atoms with Crippen LogP contribution >= 0.6 is 0 Å². The fourth-order valence-electron chi connectivity index (χ4n) is 2.67. The van der Waals surface area contributed by atoms with Crippen molar-refractivity contribution < 1.29 is 4.74 Å². The van der Waals surface area contributed by atoms with E-state index in [9.17, 15) is 0 Å². The van der Waals surface area contributed by atoms with Gasteiger partial charge in [-0.25, -0.2) is 0 Å². The zero-order valence-corrected chi connectivity index (χ0v) is 12.0. The number of hydrogen-bond acceptors (Lipinski definition) is 3. The highest BCUT2D eigenvalue weighted by Crippen LogP contribution is 2.18. The molecular formula is C14H30N2O. The zero-order chi connectivity index (χ0) is 12.7. The average Bonchev–Trinajstić information content (AvgIpc) is 2.75. The summed E-state index contributed by atoms with van der Waals surface area (Å²) in [6.45, 7) is 11.3. The van der Waals surface area contributed by atoms with Gasteiger partial charge >= 0.3 is 0 Å². The van der Waals surface area contributed by atoms with Crippen molar-refractivity contribution in [2.75, 3.05) is 33.4 Å². The van der Waals surface area contributed by atoms with Crippen LogP contribution in [0, 0.1) is 5.92 Å². The van der Waals surface area contributed by atoms with Gasteiger partial charge in [-0.1, -0.05) is 13.3 Å². The smallest absolute Gasteiger partial charge is 0.0503 e. The van der Waals surface area contributed by atoms with Crippen LogP contribution in [0.5, 0.6) is 0 Å². The highest BCUT2D eigenvalue weighted by Gasteiger charge is 2.25. The van der Waals surface area contributed by atoms with Crippen molar-refractivity contribution in [3.63, 3.8) is 0 Å². The van der Waals surface area contributed by atoms with Gasteiger partial charge in [-0.15, -0.1) is 0 Å². The topological polar surface area (TPSA) is 24.5 Å². The Hall–Kier alpha value is -0.120. The second kappa shape index (κ2) is 8.06. The van der Waals surface area contributed by atoms with Crippen LogP contribution in [0.15, 0.2) is 0 Å². The van der Waals surface area contributed by atoms with Gasteiger partial charge < -0.3 is 10.1 Å². The molecule has 1 N–H and O–H groups in total. The SMILES string of the molecule is CCCC(C)NCC(C)N1CCC(COC)C1. The normalized spacial score (nSPS) is 25.1. The van der Waals surface area contributed by atoms with Gasteiger partial charge in [0.2, 0.25) is 0 Å². The van der Waals surface area contributed by atoms with Crippen LogP contribution in [0.25, 0.3) is 0 Å². The lowest BCUT2D eigenvalue weighted by atomic mass is 10.1. The van der Waals surface area contributed by atoms with Crippen LogP contribution in [0.1, 0.15) is 40.0 Å². The summed E-state index contributed by atoms with van der Waals surface area (Å²) in [5.41, 5.74) is 0. The molecule has 3 nitrogen and oxygen atoms in total. The molecule has 17 heavy (non-hydrogen) atoms. The fraction of sp³-hybridized carbons (Fsp3) is 1.00. The number of ether oxygens (including phenoxy) is 1. The summed E-state index contributed by atoms with van der Waals surface area (Å²) >= 11 is 0. The van der Waals surface area contributed by atoms with Crippen LogP contribution in [0.2, 0.25) is 0 Å². The van der Waals surface area contributed by atoms with Gasteiger partial charge in [0.15, 0.2) is 0 Å². The second-order valence-electron chi connectivity index (χ2n) is 5.55. The minimum absolute atomic E-state index is 0.649. The first kappa shape index (κ1) is 14.9. The highest BCUT2D eigenvalue weighted by atomic mass is 16.5. The molecule has 0 saturated carbocycles. The minimum atomic E-state index is 0.649. The summed E-state index contributed by atoms with van der Waals surface area (Å²) in [7, 11) is 1.81. The third-order valence-corrected chi connectivity index (χ3v) is 3.83. The molecule has 3 unspecified atom stereocenters. The molecule has 0 radical (unpaired) electrons. The molecule has 0 bridgehead atoms. The van der Waals surface area contributed by atoms with Crippen molar-refractivity contribution in [2.45, 2.75) is 52.1 Å². The van der Waals surface area contributed by atoms with Crippen molar-refractivity contribution >= 4 is 0 Å². The van der Waals surface area contributed by atoms with E-state index in [2.05, 4.69) is 31.0 Å². The number of nitrogens with one attached hydrogen (secondary N) is 1. The van der Waals surface area contributed by atoms with Gasteiger partial charge in [0.1, 0.15) is 0 Å². The lowest BCUT2D eigenvalue weighted by Crippen LogP contribution is -2.41. The average molecular weight is 242 g/mol. The Morgan fingerprint density at radius 3 is 2.82 bits per heavy atom. The largest absolute Gasteiger partial charge is 0.384 e. The first-order chi connectivity index (χ1) is 8.17. The van der Waals surface area contributed by atoms with Crippen LogP contribution < -0.4 is 5.32 Å².